The minimum atomic E-state index is -4.16. The number of thioether (sulfide) groups is 1. The number of pyridine rings is 1. The quantitative estimate of drug-likeness (QED) is 0.773. The highest BCUT2D eigenvalue weighted by atomic mass is 32.2. The van der Waals surface area contributed by atoms with Crippen molar-refractivity contribution in [2.75, 3.05) is 18.2 Å². The van der Waals surface area contributed by atoms with E-state index in [9.17, 15) is 18.0 Å². The number of fused-ring (bicyclic) bond motifs is 1. The summed E-state index contributed by atoms with van der Waals surface area (Å²) in [6, 6.07) is 3.61. The Morgan fingerprint density at radius 1 is 1.33 bits per heavy atom. The van der Waals surface area contributed by atoms with Gasteiger partial charge < -0.3 is 4.90 Å². The van der Waals surface area contributed by atoms with Gasteiger partial charge in [-0.2, -0.15) is 18.3 Å². The van der Waals surface area contributed by atoms with Gasteiger partial charge in [-0.1, -0.05) is 0 Å². The Labute approximate surface area is 140 Å². The first-order valence-electron chi connectivity index (χ1n) is 7.37. The first-order chi connectivity index (χ1) is 11.4. The average Bonchev–Trinajstić information content (AvgIpc) is 2.98. The van der Waals surface area contributed by atoms with E-state index < -0.39 is 12.6 Å². The van der Waals surface area contributed by atoms with Crippen LogP contribution in [-0.4, -0.2) is 49.9 Å². The van der Waals surface area contributed by atoms with Crippen molar-refractivity contribution in [2.45, 2.75) is 19.0 Å². The molecule has 2 aromatic rings. The second kappa shape index (κ2) is 6.84. The smallest absolute Gasteiger partial charge is 0.329 e. The molecule has 0 atom stereocenters. The number of alkyl halides is 3. The predicted molar refractivity (Wildman–Crippen MR) is 84.1 cm³/mol. The average molecular weight is 356 g/mol. The summed E-state index contributed by atoms with van der Waals surface area (Å²) in [7, 11) is 0. The maximum Gasteiger partial charge on any atom is 0.389 e. The number of hydrogen-bond donors (Lipinski definition) is 0. The van der Waals surface area contributed by atoms with Crippen LogP contribution in [0.25, 0.3) is 5.69 Å². The fourth-order valence-corrected chi connectivity index (χ4v) is 3.36. The van der Waals surface area contributed by atoms with Crippen LogP contribution in [0.3, 0.4) is 0 Å². The fourth-order valence-electron chi connectivity index (χ4n) is 2.39. The molecular formula is C15H15F3N4OS. The molecule has 0 spiro atoms. The molecule has 0 saturated carbocycles. The third-order valence-corrected chi connectivity index (χ3v) is 4.60. The minimum absolute atomic E-state index is 0.0465. The van der Waals surface area contributed by atoms with Crippen LogP contribution >= 0.6 is 11.8 Å². The fraction of sp³-hybridized carbons (Fsp3) is 0.400. The lowest BCUT2D eigenvalue weighted by molar-refractivity contribution is -0.129. The van der Waals surface area contributed by atoms with E-state index in [1.807, 2.05) is 6.07 Å². The van der Waals surface area contributed by atoms with E-state index >= 15 is 0 Å². The van der Waals surface area contributed by atoms with Crippen LogP contribution in [0, 0.1) is 0 Å². The second-order valence-corrected chi connectivity index (χ2v) is 6.44. The van der Waals surface area contributed by atoms with Gasteiger partial charge in [0.05, 0.1) is 35.4 Å². The molecule has 1 aliphatic rings. The van der Waals surface area contributed by atoms with Crippen LogP contribution in [0.2, 0.25) is 0 Å². The molecule has 3 heterocycles. The van der Waals surface area contributed by atoms with Gasteiger partial charge in [0, 0.05) is 31.1 Å². The van der Waals surface area contributed by atoms with Crippen LogP contribution < -0.4 is 0 Å². The van der Waals surface area contributed by atoms with Gasteiger partial charge in [-0.3, -0.25) is 9.78 Å². The Morgan fingerprint density at radius 2 is 2.17 bits per heavy atom. The highest BCUT2D eigenvalue weighted by Gasteiger charge is 2.29. The zero-order chi connectivity index (χ0) is 17.2. The largest absolute Gasteiger partial charge is 0.389 e. The number of amides is 1. The van der Waals surface area contributed by atoms with Crippen molar-refractivity contribution in [3.8, 4) is 5.69 Å². The standard InChI is InChI=1S/C15H15F3N4OS/c16-15(17,18)4-7-24-10-21-6-3-13-12(14(21)23)9-22(20-13)11-2-1-5-19-8-11/h1-2,5,8-9H,3-4,6-7,10H2. The summed E-state index contributed by atoms with van der Waals surface area (Å²) in [5.74, 6) is 0.0208. The molecule has 9 heteroatoms. The molecular weight excluding hydrogens is 341 g/mol. The van der Waals surface area contributed by atoms with E-state index in [2.05, 4.69) is 10.1 Å². The van der Waals surface area contributed by atoms with Gasteiger partial charge in [-0.15, -0.1) is 11.8 Å². The number of nitrogens with zero attached hydrogens (tertiary/aromatic N) is 4. The SMILES string of the molecule is O=C1c2cn(-c3cccnc3)nc2CCN1CSCCC(F)(F)F. The highest BCUT2D eigenvalue weighted by molar-refractivity contribution is 7.99. The van der Waals surface area contributed by atoms with Crippen molar-refractivity contribution in [2.24, 2.45) is 0 Å². The van der Waals surface area contributed by atoms with Crippen LogP contribution in [0.15, 0.2) is 30.7 Å². The summed E-state index contributed by atoms with van der Waals surface area (Å²) in [6.07, 6.45) is 0.544. The van der Waals surface area contributed by atoms with Gasteiger partial charge in [0.1, 0.15) is 0 Å². The van der Waals surface area contributed by atoms with Gasteiger partial charge in [0.25, 0.3) is 5.91 Å². The lowest BCUT2D eigenvalue weighted by Gasteiger charge is -2.25. The molecule has 0 bridgehead atoms. The molecule has 0 aliphatic carbocycles. The highest BCUT2D eigenvalue weighted by Crippen LogP contribution is 2.24. The number of hydrogen-bond acceptors (Lipinski definition) is 4. The molecule has 0 radical (unpaired) electrons. The van der Waals surface area contributed by atoms with E-state index in [1.165, 1.54) is 0 Å². The van der Waals surface area contributed by atoms with Crippen molar-refractivity contribution in [3.05, 3.63) is 42.0 Å². The predicted octanol–water partition coefficient (Wildman–Crippen LogP) is 2.91. The topological polar surface area (TPSA) is 51.0 Å². The monoisotopic (exact) mass is 356 g/mol. The Kier molecular flexibility index (Phi) is 4.79. The number of carbonyl (C=O) groups is 1. The van der Waals surface area contributed by atoms with E-state index in [0.717, 1.165) is 17.4 Å². The summed E-state index contributed by atoms with van der Waals surface area (Å²) in [5.41, 5.74) is 1.97. The maximum absolute atomic E-state index is 12.5. The van der Waals surface area contributed by atoms with Crippen molar-refractivity contribution in [1.82, 2.24) is 19.7 Å². The zero-order valence-corrected chi connectivity index (χ0v) is 13.5. The first-order valence-corrected chi connectivity index (χ1v) is 8.52. The van der Waals surface area contributed by atoms with Gasteiger partial charge in [0.2, 0.25) is 0 Å². The number of halogens is 3. The molecule has 24 heavy (non-hydrogen) atoms. The van der Waals surface area contributed by atoms with Crippen molar-refractivity contribution >= 4 is 17.7 Å². The molecule has 1 amide bonds. The normalized spacial score (nSPS) is 14.8. The van der Waals surface area contributed by atoms with Gasteiger partial charge in [-0.05, 0) is 12.1 Å². The molecule has 5 nitrogen and oxygen atoms in total. The summed E-state index contributed by atoms with van der Waals surface area (Å²) in [4.78, 5) is 18.1. The van der Waals surface area contributed by atoms with Gasteiger partial charge in [0.15, 0.2) is 0 Å². The zero-order valence-electron chi connectivity index (χ0n) is 12.7. The first kappa shape index (κ1) is 16.8. The van der Waals surface area contributed by atoms with Crippen LogP contribution in [0.1, 0.15) is 22.5 Å². The summed E-state index contributed by atoms with van der Waals surface area (Å²) >= 11 is 1.12. The van der Waals surface area contributed by atoms with Gasteiger partial charge in [-0.25, -0.2) is 4.68 Å². The Bertz CT molecular complexity index is 717. The van der Waals surface area contributed by atoms with Crippen molar-refractivity contribution in [3.63, 3.8) is 0 Å². The molecule has 3 rings (SSSR count). The van der Waals surface area contributed by atoms with Crippen molar-refractivity contribution < 1.29 is 18.0 Å². The second-order valence-electron chi connectivity index (χ2n) is 5.37. The van der Waals surface area contributed by atoms with Crippen LogP contribution in [0.5, 0.6) is 0 Å². The summed E-state index contributed by atoms with van der Waals surface area (Å²) in [6.45, 7) is 0.467. The number of carbonyl (C=O) groups excluding carboxylic acids is 1. The summed E-state index contributed by atoms with van der Waals surface area (Å²) < 4.78 is 38.1. The van der Waals surface area contributed by atoms with Gasteiger partial charge >= 0.3 is 6.18 Å². The Balaban J connectivity index is 1.64. The summed E-state index contributed by atoms with van der Waals surface area (Å²) in [5, 5.41) is 4.41. The van der Waals surface area contributed by atoms with E-state index in [-0.39, 0.29) is 17.5 Å². The maximum atomic E-state index is 12.5. The van der Waals surface area contributed by atoms with E-state index in [1.54, 1.807) is 34.2 Å². The molecule has 1 aliphatic heterocycles. The molecule has 0 aromatic carbocycles. The third-order valence-electron chi connectivity index (χ3n) is 3.61. The lowest BCUT2D eigenvalue weighted by Crippen LogP contribution is -2.37. The van der Waals surface area contributed by atoms with E-state index in [4.69, 9.17) is 0 Å². The molecule has 0 unspecified atom stereocenters. The van der Waals surface area contributed by atoms with E-state index in [0.29, 0.717) is 24.2 Å². The molecule has 128 valence electrons. The molecule has 0 saturated heterocycles. The number of aromatic nitrogens is 3. The lowest BCUT2D eigenvalue weighted by atomic mass is 10.1. The molecule has 0 fully saturated rings. The molecule has 0 N–H and O–H groups in total. The third kappa shape index (κ3) is 3.89. The minimum Gasteiger partial charge on any atom is -0.329 e. The van der Waals surface area contributed by atoms with Crippen molar-refractivity contribution in [1.29, 1.82) is 0 Å². The van der Waals surface area contributed by atoms with Crippen LogP contribution in [-0.2, 0) is 6.42 Å². The van der Waals surface area contributed by atoms with Crippen LogP contribution in [0.4, 0.5) is 13.2 Å². The Morgan fingerprint density at radius 3 is 2.88 bits per heavy atom. The Hall–Kier alpha value is -2.03. The number of rotatable bonds is 5. The molecule has 2 aromatic heterocycles.